The summed E-state index contributed by atoms with van der Waals surface area (Å²) in [5, 5.41) is 13.4. The fourth-order valence-corrected chi connectivity index (χ4v) is 2.01. The van der Waals surface area contributed by atoms with E-state index in [1.165, 1.54) is 0 Å². The number of nitriles is 1. The van der Waals surface area contributed by atoms with Crippen molar-refractivity contribution in [2.24, 2.45) is 0 Å². The van der Waals surface area contributed by atoms with E-state index in [4.69, 9.17) is 5.26 Å². The number of carbonyl (C=O) groups excluding carboxylic acids is 3. The molecule has 0 unspecified atom stereocenters. The monoisotopic (exact) mass is 343 g/mol. The number of esters is 1. The van der Waals surface area contributed by atoms with Crippen LogP contribution in [0.25, 0.3) is 0 Å². The molecule has 1 aromatic rings. The maximum Gasteiger partial charge on any atom is 0.326 e. The lowest BCUT2D eigenvalue weighted by Crippen LogP contribution is -2.49. The minimum atomic E-state index is -0.816. The highest BCUT2D eigenvalue weighted by atomic mass is 16.5. The van der Waals surface area contributed by atoms with Crippen molar-refractivity contribution in [2.75, 3.05) is 13.2 Å². The highest BCUT2D eigenvalue weighted by molar-refractivity contribution is 5.89. The SMILES string of the molecule is C=CCCC(=O)N[C@@H](Cc1ccccc1)C(=O)NCC(=O)OCC#N. The van der Waals surface area contributed by atoms with Crippen LogP contribution in [0.2, 0.25) is 0 Å². The third-order valence-corrected chi connectivity index (χ3v) is 3.21. The molecule has 0 heterocycles. The molecule has 1 atom stereocenters. The highest BCUT2D eigenvalue weighted by Crippen LogP contribution is 2.04. The summed E-state index contributed by atoms with van der Waals surface area (Å²) >= 11 is 0. The van der Waals surface area contributed by atoms with Crippen LogP contribution in [0.4, 0.5) is 0 Å². The molecule has 1 rings (SSSR count). The second-order valence-electron chi connectivity index (χ2n) is 5.17. The maximum absolute atomic E-state index is 12.3. The number of hydrogen-bond donors (Lipinski definition) is 2. The number of benzene rings is 1. The van der Waals surface area contributed by atoms with Crippen LogP contribution in [0.3, 0.4) is 0 Å². The van der Waals surface area contributed by atoms with Gasteiger partial charge in [-0.05, 0) is 12.0 Å². The lowest BCUT2D eigenvalue weighted by atomic mass is 10.0. The molecule has 0 aliphatic carbocycles. The summed E-state index contributed by atoms with van der Waals surface area (Å²) in [6, 6.07) is 10.1. The van der Waals surface area contributed by atoms with Gasteiger partial charge < -0.3 is 15.4 Å². The molecule has 0 saturated heterocycles. The Morgan fingerprint density at radius 1 is 1.28 bits per heavy atom. The van der Waals surface area contributed by atoms with E-state index in [0.717, 1.165) is 5.56 Å². The predicted octanol–water partition coefficient (Wildman–Crippen LogP) is 0.863. The van der Waals surface area contributed by atoms with E-state index in [9.17, 15) is 14.4 Å². The summed E-state index contributed by atoms with van der Waals surface area (Å²) in [7, 11) is 0. The standard InChI is InChI=1S/C18H21N3O4/c1-2-3-9-16(22)21-15(12-14-7-5-4-6-8-14)18(24)20-13-17(23)25-11-10-19/h2,4-8,15H,1,3,9,11-13H2,(H,20,24)(H,21,22)/t15-/m0/s1. The van der Waals surface area contributed by atoms with E-state index >= 15 is 0 Å². The third kappa shape index (κ3) is 8.32. The van der Waals surface area contributed by atoms with E-state index in [1.54, 1.807) is 12.1 Å². The Kier molecular flexibility index (Phi) is 9.08. The first-order valence-corrected chi connectivity index (χ1v) is 7.81. The topological polar surface area (TPSA) is 108 Å². The Labute approximate surface area is 146 Å². The van der Waals surface area contributed by atoms with Crippen LogP contribution in [0.1, 0.15) is 18.4 Å². The molecule has 2 N–H and O–H groups in total. The van der Waals surface area contributed by atoms with Crippen LogP contribution >= 0.6 is 0 Å². The van der Waals surface area contributed by atoms with Gasteiger partial charge in [0, 0.05) is 12.8 Å². The average Bonchev–Trinajstić information content (AvgIpc) is 2.63. The van der Waals surface area contributed by atoms with E-state index in [2.05, 4.69) is 21.9 Å². The minimum Gasteiger partial charge on any atom is -0.449 e. The van der Waals surface area contributed by atoms with Crippen molar-refractivity contribution in [3.05, 3.63) is 48.6 Å². The first kappa shape index (κ1) is 19.9. The van der Waals surface area contributed by atoms with Crippen molar-refractivity contribution in [1.82, 2.24) is 10.6 Å². The molecule has 0 radical (unpaired) electrons. The fraction of sp³-hybridized carbons (Fsp3) is 0.333. The lowest BCUT2D eigenvalue weighted by Gasteiger charge is -2.18. The Hall–Kier alpha value is -3.14. The zero-order valence-electron chi connectivity index (χ0n) is 13.9. The summed E-state index contributed by atoms with van der Waals surface area (Å²) in [5.74, 6) is -1.49. The zero-order chi connectivity index (χ0) is 18.5. The summed E-state index contributed by atoms with van der Waals surface area (Å²) in [6.45, 7) is 2.81. The summed E-state index contributed by atoms with van der Waals surface area (Å²) in [5.41, 5.74) is 0.874. The van der Waals surface area contributed by atoms with Crippen molar-refractivity contribution in [2.45, 2.75) is 25.3 Å². The second kappa shape index (κ2) is 11.4. The molecule has 0 saturated carbocycles. The van der Waals surface area contributed by atoms with Crippen LogP contribution in [-0.2, 0) is 25.5 Å². The summed E-state index contributed by atoms with van der Waals surface area (Å²) in [6.07, 6.45) is 2.65. The van der Waals surface area contributed by atoms with Gasteiger partial charge in [-0.15, -0.1) is 6.58 Å². The van der Waals surface area contributed by atoms with Crippen LogP contribution in [0.15, 0.2) is 43.0 Å². The highest BCUT2D eigenvalue weighted by Gasteiger charge is 2.21. The first-order valence-electron chi connectivity index (χ1n) is 7.81. The molecule has 0 aromatic heterocycles. The first-order chi connectivity index (χ1) is 12.1. The molecule has 0 aliphatic heterocycles. The van der Waals surface area contributed by atoms with Crippen LogP contribution in [0.5, 0.6) is 0 Å². The quantitative estimate of drug-likeness (QED) is 0.484. The number of hydrogen-bond acceptors (Lipinski definition) is 5. The zero-order valence-corrected chi connectivity index (χ0v) is 13.9. The summed E-state index contributed by atoms with van der Waals surface area (Å²) < 4.78 is 4.56. The molecule has 7 heteroatoms. The van der Waals surface area contributed by atoms with Crippen molar-refractivity contribution in [1.29, 1.82) is 5.26 Å². The van der Waals surface area contributed by atoms with Crippen molar-refractivity contribution in [3.8, 4) is 6.07 Å². The predicted molar refractivity (Wildman–Crippen MR) is 91.1 cm³/mol. The second-order valence-corrected chi connectivity index (χ2v) is 5.17. The number of ether oxygens (including phenoxy) is 1. The van der Waals surface area contributed by atoms with Gasteiger partial charge in [0.05, 0.1) is 0 Å². The largest absolute Gasteiger partial charge is 0.449 e. The number of carbonyl (C=O) groups is 3. The number of allylic oxidation sites excluding steroid dienone is 1. The van der Waals surface area contributed by atoms with Gasteiger partial charge in [-0.1, -0.05) is 36.4 Å². The molecule has 1 aromatic carbocycles. The Bertz CT molecular complexity index is 637. The van der Waals surface area contributed by atoms with Gasteiger partial charge in [-0.3, -0.25) is 14.4 Å². The van der Waals surface area contributed by atoms with Gasteiger partial charge >= 0.3 is 5.97 Å². The van der Waals surface area contributed by atoms with Crippen LogP contribution < -0.4 is 10.6 Å². The van der Waals surface area contributed by atoms with Gasteiger partial charge in [0.1, 0.15) is 18.7 Å². The van der Waals surface area contributed by atoms with E-state index in [1.807, 2.05) is 30.3 Å². The van der Waals surface area contributed by atoms with Gasteiger partial charge in [-0.2, -0.15) is 5.26 Å². The number of nitrogens with zero attached hydrogens (tertiary/aromatic N) is 1. The molecule has 0 bridgehead atoms. The molecule has 7 nitrogen and oxygen atoms in total. The van der Waals surface area contributed by atoms with Gasteiger partial charge in [0.2, 0.25) is 11.8 Å². The van der Waals surface area contributed by atoms with E-state index < -0.39 is 17.9 Å². The third-order valence-electron chi connectivity index (χ3n) is 3.21. The molecule has 2 amide bonds. The van der Waals surface area contributed by atoms with Crippen molar-refractivity contribution >= 4 is 17.8 Å². The maximum atomic E-state index is 12.3. The molecule has 0 fully saturated rings. The van der Waals surface area contributed by atoms with Gasteiger partial charge in [0.15, 0.2) is 6.61 Å². The molecular formula is C18H21N3O4. The molecule has 0 aliphatic rings. The van der Waals surface area contributed by atoms with Gasteiger partial charge in [0.25, 0.3) is 0 Å². The van der Waals surface area contributed by atoms with Crippen molar-refractivity contribution in [3.63, 3.8) is 0 Å². The molecular weight excluding hydrogens is 322 g/mol. The number of rotatable bonds is 10. The van der Waals surface area contributed by atoms with E-state index in [0.29, 0.717) is 12.8 Å². The van der Waals surface area contributed by atoms with Gasteiger partial charge in [-0.25, -0.2) is 0 Å². The Morgan fingerprint density at radius 2 is 2.00 bits per heavy atom. The molecule has 132 valence electrons. The molecule has 0 spiro atoms. The van der Waals surface area contributed by atoms with Crippen molar-refractivity contribution < 1.29 is 19.1 Å². The fourth-order valence-electron chi connectivity index (χ4n) is 2.01. The minimum absolute atomic E-state index is 0.228. The lowest BCUT2D eigenvalue weighted by molar-refractivity contribution is -0.142. The van der Waals surface area contributed by atoms with Crippen LogP contribution in [0, 0.1) is 11.3 Å². The normalized spacial score (nSPS) is 10.8. The number of nitrogens with one attached hydrogen (secondary N) is 2. The van der Waals surface area contributed by atoms with Crippen LogP contribution in [-0.4, -0.2) is 37.0 Å². The Balaban J connectivity index is 2.66. The molecule has 25 heavy (non-hydrogen) atoms. The average molecular weight is 343 g/mol. The number of amides is 2. The Morgan fingerprint density at radius 3 is 2.64 bits per heavy atom. The smallest absolute Gasteiger partial charge is 0.326 e. The van der Waals surface area contributed by atoms with E-state index in [-0.39, 0.29) is 25.5 Å². The summed E-state index contributed by atoms with van der Waals surface area (Å²) in [4.78, 5) is 35.6.